The number of aryl methyl sites for hydroxylation is 1. The van der Waals surface area contributed by atoms with E-state index in [1.54, 1.807) is 7.11 Å². The molecule has 0 bridgehead atoms. The van der Waals surface area contributed by atoms with E-state index in [-0.39, 0.29) is 6.04 Å². The Labute approximate surface area is 126 Å². The van der Waals surface area contributed by atoms with Crippen molar-refractivity contribution in [2.45, 2.75) is 26.3 Å². The monoisotopic (exact) mass is 285 g/mol. The molecule has 0 aliphatic heterocycles. The Morgan fingerprint density at radius 1 is 1.10 bits per heavy atom. The Morgan fingerprint density at radius 3 is 2.57 bits per heavy atom. The highest BCUT2D eigenvalue weighted by molar-refractivity contribution is 5.42. The van der Waals surface area contributed by atoms with Crippen LogP contribution in [-0.2, 0) is 0 Å². The predicted octanol–water partition coefficient (Wildman–Crippen LogP) is 3.84. The molecule has 0 aliphatic carbocycles. The van der Waals surface area contributed by atoms with E-state index in [2.05, 4.69) is 13.8 Å². The van der Waals surface area contributed by atoms with Crippen molar-refractivity contribution >= 4 is 0 Å². The van der Waals surface area contributed by atoms with Gasteiger partial charge in [-0.05, 0) is 54.3 Å². The van der Waals surface area contributed by atoms with Gasteiger partial charge in [0, 0.05) is 0 Å². The summed E-state index contributed by atoms with van der Waals surface area (Å²) in [6.07, 6.45) is 0.994. The van der Waals surface area contributed by atoms with Crippen LogP contribution in [-0.4, -0.2) is 13.7 Å². The SMILES string of the molecule is CCCOc1cccc(C(N)c2ccc(OC)cc2C)c1. The second-order valence-electron chi connectivity index (χ2n) is 5.12. The second-order valence-corrected chi connectivity index (χ2v) is 5.12. The molecule has 0 amide bonds. The van der Waals surface area contributed by atoms with Gasteiger partial charge in [-0.3, -0.25) is 0 Å². The van der Waals surface area contributed by atoms with Crippen LogP contribution in [0.4, 0.5) is 0 Å². The first kappa shape index (κ1) is 15.4. The van der Waals surface area contributed by atoms with Gasteiger partial charge in [0.05, 0.1) is 19.8 Å². The molecular formula is C18H23NO2. The smallest absolute Gasteiger partial charge is 0.119 e. The van der Waals surface area contributed by atoms with Gasteiger partial charge >= 0.3 is 0 Å². The maximum absolute atomic E-state index is 6.41. The Balaban J connectivity index is 2.25. The molecule has 21 heavy (non-hydrogen) atoms. The molecule has 0 spiro atoms. The zero-order chi connectivity index (χ0) is 15.2. The van der Waals surface area contributed by atoms with Gasteiger partial charge in [-0.2, -0.15) is 0 Å². The van der Waals surface area contributed by atoms with E-state index in [1.807, 2.05) is 42.5 Å². The summed E-state index contributed by atoms with van der Waals surface area (Å²) in [7, 11) is 1.67. The van der Waals surface area contributed by atoms with Gasteiger partial charge in [0.15, 0.2) is 0 Å². The maximum atomic E-state index is 6.41. The zero-order valence-electron chi connectivity index (χ0n) is 12.9. The first-order valence-electron chi connectivity index (χ1n) is 7.28. The van der Waals surface area contributed by atoms with Crippen LogP contribution < -0.4 is 15.2 Å². The zero-order valence-corrected chi connectivity index (χ0v) is 12.9. The van der Waals surface area contributed by atoms with Crippen LogP contribution in [0.25, 0.3) is 0 Å². The lowest BCUT2D eigenvalue weighted by atomic mass is 9.95. The Bertz CT molecular complexity index is 596. The van der Waals surface area contributed by atoms with E-state index >= 15 is 0 Å². The lowest BCUT2D eigenvalue weighted by molar-refractivity contribution is 0.317. The maximum Gasteiger partial charge on any atom is 0.119 e. The lowest BCUT2D eigenvalue weighted by Crippen LogP contribution is -2.13. The Hall–Kier alpha value is -2.00. The minimum atomic E-state index is -0.166. The van der Waals surface area contributed by atoms with Crippen molar-refractivity contribution in [3.63, 3.8) is 0 Å². The van der Waals surface area contributed by atoms with E-state index < -0.39 is 0 Å². The fourth-order valence-corrected chi connectivity index (χ4v) is 2.32. The number of ether oxygens (including phenoxy) is 2. The minimum Gasteiger partial charge on any atom is -0.497 e. The second kappa shape index (κ2) is 7.14. The summed E-state index contributed by atoms with van der Waals surface area (Å²) in [6, 6.07) is 13.8. The highest BCUT2D eigenvalue weighted by Crippen LogP contribution is 2.27. The molecule has 3 nitrogen and oxygen atoms in total. The van der Waals surface area contributed by atoms with Gasteiger partial charge < -0.3 is 15.2 Å². The summed E-state index contributed by atoms with van der Waals surface area (Å²) < 4.78 is 10.9. The van der Waals surface area contributed by atoms with Crippen molar-refractivity contribution in [2.75, 3.05) is 13.7 Å². The molecule has 0 fully saturated rings. The average molecular weight is 285 g/mol. The predicted molar refractivity (Wildman–Crippen MR) is 86.0 cm³/mol. The number of benzene rings is 2. The number of nitrogens with two attached hydrogens (primary N) is 1. The summed E-state index contributed by atoms with van der Waals surface area (Å²) in [5.41, 5.74) is 9.69. The average Bonchev–Trinajstić information content (AvgIpc) is 2.52. The highest BCUT2D eigenvalue weighted by atomic mass is 16.5. The van der Waals surface area contributed by atoms with Crippen molar-refractivity contribution < 1.29 is 9.47 Å². The minimum absolute atomic E-state index is 0.166. The largest absolute Gasteiger partial charge is 0.497 e. The van der Waals surface area contributed by atoms with Gasteiger partial charge in [0.25, 0.3) is 0 Å². The van der Waals surface area contributed by atoms with Crippen molar-refractivity contribution in [1.29, 1.82) is 0 Å². The first-order valence-corrected chi connectivity index (χ1v) is 7.28. The van der Waals surface area contributed by atoms with Crippen LogP contribution in [0.1, 0.15) is 36.1 Å². The van der Waals surface area contributed by atoms with Gasteiger partial charge in [0.1, 0.15) is 11.5 Å². The molecule has 3 heteroatoms. The number of rotatable bonds is 6. The molecule has 2 rings (SSSR count). The molecule has 0 aliphatic rings. The van der Waals surface area contributed by atoms with Gasteiger partial charge in [-0.25, -0.2) is 0 Å². The molecule has 112 valence electrons. The van der Waals surface area contributed by atoms with Crippen LogP contribution in [0, 0.1) is 6.92 Å². The number of hydrogen-bond acceptors (Lipinski definition) is 3. The fraction of sp³-hybridized carbons (Fsp3) is 0.333. The standard InChI is InChI=1S/C18H23NO2/c1-4-10-21-16-7-5-6-14(12-16)18(19)17-9-8-15(20-3)11-13(17)2/h5-9,11-12,18H,4,10,19H2,1-3H3. The highest BCUT2D eigenvalue weighted by Gasteiger charge is 2.12. The van der Waals surface area contributed by atoms with Gasteiger partial charge in [-0.15, -0.1) is 0 Å². The third kappa shape index (κ3) is 3.76. The molecule has 2 N–H and O–H groups in total. The third-order valence-corrected chi connectivity index (χ3v) is 3.50. The Kier molecular flexibility index (Phi) is 5.23. The molecule has 2 aromatic rings. The third-order valence-electron chi connectivity index (χ3n) is 3.50. The van der Waals surface area contributed by atoms with Gasteiger partial charge in [0.2, 0.25) is 0 Å². The summed E-state index contributed by atoms with van der Waals surface area (Å²) in [4.78, 5) is 0. The summed E-state index contributed by atoms with van der Waals surface area (Å²) in [6.45, 7) is 4.87. The summed E-state index contributed by atoms with van der Waals surface area (Å²) >= 11 is 0. The molecule has 0 saturated heterocycles. The molecule has 0 heterocycles. The van der Waals surface area contributed by atoms with E-state index in [1.165, 1.54) is 0 Å². The van der Waals surface area contributed by atoms with Crippen molar-refractivity contribution in [3.05, 3.63) is 59.2 Å². The first-order chi connectivity index (χ1) is 10.2. The summed E-state index contributed by atoms with van der Waals surface area (Å²) in [5, 5.41) is 0. The fourth-order valence-electron chi connectivity index (χ4n) is 2.32. The van der Waals surface area contributed by atoms with Crippen LogP contribution in [0.3, 0.4) is 0 Å². The summed E-state index contributed by atoms with van der Waals surface area (Å²) in [5.74, 6) is 1.72. The number of hydrogen-bond donors (Lipinski definition) is 1. The quantitative estimate of drug-likeness (QED) is 0.877. The molecule has 2 aromatic carbocycles. The van der Waals surface area contributed by atoms with Crippen LogP contribution >= 0.6 is 0 Å². The van der Waals surface area contributed by atoms with Crippen molar-refractivity contribution in [3.8, 4) is 11.5 Å². The van der Waals surface area contributed by atoms with Crippen molar-refractivity contribution in [2.24, 2.45) is 5.73 Å². The van der Waals surface area contributed by atoms with Crippen molar-refractivity contribution in [1.82, 2.24) is 0 Å². The van der Waals surface area contributed by atoms with Crippen LogP contribution in [0.5, 0.6) is 11.5 Å². The van der Waals surface area contributed by atoms with Crippen LogP contribution in [0.2, 0.25) is 0 Å². The van der Waals surface area contributed by atoms with E-state index in [0.29, 0.717) is 0 Å². The van der Waals surface area contributed by atoms with E-state index in [4.69, 9.17) is 15.2 Å². The Morgan fingerprint density at radius 2 is 1.90 bits per heavy atom. The van der Waals surface area contributed by atoms with E-state index in [9.17, 15) is 0 Å². The molecular weight excluding hydrogens is 262 g/mol. The lowest BCUT2D eigenvalue weighted by Gasteiger charge is -2.17. The molecule has 0 aromatic heterocycles. The molecule has 0 saturated carbocycles. The number of methoxy groups -OCH3 is 1. The van der Waals surface area contributed by atoms with Gasteiger partial charge in [-0.1, -0.05) is 25.1 Å². The molecule has 1 unspecified atom stereocenters. The molecule has 1 atom stereocenters. The topological polar surface area (TPSA) is 44.5 Å². The van der Waals surface area contributed by atoms with Crippen LogP contribution in [0.15, 0.2) is 42.5 Å². The normalized spacial score (nSPS) is 12.0. The van der Waals surface area contributed by atoms with E-state index in [0.717, 1.165) is 41.2 Å². The molecule has 0 radical (unpaired) electrons.